The lowest BCUT2D eigenvalue weighted by Crippen LogP contribution is -2.25. The minimum atomic E-state index is 0.500. The Balaban J connectivity index is 2.02. The van der Waals surface area contributed by atoms with E-state index in [4.69, 9.17) is 10.5 Å². The Hall–Kier alpha value is -1.84. The Morgan fingerprint density at radius 3 is 2.35 bits per heavy atom. The molecule has 3 nitrogen and oxygen atoms in total. The number of hydrogen-bond donors (Lipinski definition) is 1. The van der Waals surface area contributed by atoms with Gasteiger partial charge in [-0.05, 0) is 36.7 Å². The molecule has 124 valence electrons. The van der Waals surface area contributed by atoms with Gasteiger partial charge in [-0.3, -0.25) is 0 Å². The van der Waals surface area contributed by atoms with E-state index in [9.17, 15) is 0 Å². The number of hydrogen-bond acceptors (Lipinski definition) is 3. The summed E-state index contributed by atoms with van der Waals surface area (Å²) in [7, 11) is 0. The van der Waals surface area contributed by atoms with Crippen molar-refractivity contribution in [1.82, 2.24) is 4.90 Å². The van der Waals surface area contributed by atoms with Gasteiger partial charge in [0.05, 0.1) is 6.61 Å². The molecular formula is C20H28N2O. The van der Waals surface area contributed by atoms with Crippen LogP contribution in [-0.2, 0) is 6.54 Å². The van der Waals surface area contributed by atoms with Gasteiger partial charge in [0.15, 0.2) is 0 Å². The lowest BCUT2D eigenvalue weighted by atomic mass is 10.0. The summed E-state index contributed by atoms with van der Waals surface area (Å²) >= 11 is 0. The third-order valence-corrected chi connectivity index (χ3v) is 4.16. The van der Waals surface area contributed by atoms with E-state index in [-0.39, 0.29) is 0 Å². The lowest BCUT2D eigenvalue weighted by Gasteiger charge is -2.18. The topological polar surface area (TPSA) is 38.5 Å². The van der Waals surface area contributed by atoms with Crippen molar-refractivity contribution in [3.8, 4) is 16.9 Å². The molecule has 0 unspecified atom stereocenters. The van der Waals surface area contributed by atoms with Gasteiger partial charge in [-0.1, -0.05) is 56.3 Å². The van der Waals surface area contributed by atoms with Crippen molar-refractivity contribution in [2.24, 2.45) is 5.73 Å². The number of rotatable bonds is 9. The van der Waals surface area contributed by atoms with Crippen molar-refractivity contribution in [2.75, 3.05) is 26.2 Å². The Morgan fingerprint density at radius 2 is 1.70 bits per heavy atom. The fourth-order valence-electron chi connectivity index (χ4n) is 2.68. The molecule has 0 atom stereocenters. The maximum Gasteiger partial charge on any atom is 0.124 e. The molecule has 0 aliphatic rings. The molecule has 0 bridgehead atoms. The van der Waals surface area contributed by atoms with Crippen LogP contribution < -0.4 is 10.5 Å². The van der Waals surface area contributed by atoms with Crippen LogP contribution in [0, 0.1) is 0 Å². The molecule has 0 heterocycles. The van der Waals surface area contributed by atoms with Gasteiger partial charge < -0.3 is 15.4 Å². The normalized spacial score (nSPS) is 11.0. The molecule has 0 amide bonds. The smallest absolute Gasteiger partial charge is 0.124 e. The van der Waals surface area contributed by atoms with Crippen LogP contribution in [0.1, 0.15) is 25.8 Å². The van der Waals surface area contributed by atoms with Gasteiger partial charge in [0.25, 0.3) is 0 Å². The van der Waals surface area contributed by atoms with E-state index in [1.165, 1.54) is 11.1 Å². The molecule has 3 heteroatoms. The first-order valence-electron chi connectivity index (χ1n) is 8.52. The molecule has 23 heavy (non-hydrogen) atoms. The molecule has 0 fully saturated rings. The first kappa shape index (κ1) is 17.5. The summed E-state index contributed by atoms with van der Waals surface area (Å²) in [5.74, 6) is 0.911. The molecule has 0 aliphatic carbocycles. The van der Waals surface area contributed by atoms with Crippen LogP contribution in [0.4, 0.5) is 0 Å². The zero-order valence-corrected chi connectivity index (χ0v) is 14.3. The van der Waals surface area contributed by atoms with Crippen LogP contribution in [0.25, 0.3) is 11.1 Å². The van der Waals surface area contributed by atoms with Crippen LogP contribution in [0.5, 0.6) is 5.75 Å². The Morgan fingerprint density at radius 1 is 0.957 bits per heavy atom. The fraction of sp³-hybridized carbons (Fsp3) is 0.400. The summed E-state index contributed by atoms with van der Waals surface area (Å²) in [5.41, 5.74) is 9.28. The molecule has 2 N–H and O–H groups in total. The molecule has 0 spiro atoms. The molecule has 0 aromatic heterocycles. The maximum absolute atomic E-state index is 6.02. The van der Waals surface area contributed by atoms with Crippen LogP contribution in [0.15, 0.2) is 48.5 Å². The summed E-state index contributed by atoms with van der Waals surface area (Å²) in [6.45, 7) is 8.87. The molecule has 2 aromatic carbocycles. The van der Waals surface area contributed by atoms with Crippen molar-refractivity contribution < 1.29 is 4.74 Å². The van der Waals surface area contributed by atoms with Gasteiger partial charge >= 0.3 is 0 Å². The van der Waals surface area contributed by atoms with Gasteiger partial charge in [-0.2, -0.15) is 0 Å². The van der Waals surface area contributed by atoms with E-state index in [1.807, 2.05) is 6.07 Å². The molecule has 0 saturated heterocycles. The Bertz CT molecular complexity index is 579. The largest absolute Gasteiger partial charge is 0.493 e. The van der Waals surface area contributed by atoms with Crippen molar-refractivity contribution in [2.45, 2.75) is 26.8 Å². The summed E-state index contributed by atoms with van der Waals surface area (Å²) in [6.07, 6.45) is 1.03. The highest BCUT2D eigenvalue weighted by Gasteiger charge is 2.06. The van der Waals surface area contributed by atoms with Crippen molar-refractivity contribution in [1.29, 1.82) is 0 Å². The average molecular weight is 312 g/mol. The van der Waals surface area contributed by atoms with Gasteiger partial charge in [-0.25, -0.2) is 0 Å². The Kier molecular flexibility index (Phi) is 7.11. The third-order valence-electron chi connectivity index (χ3n) is 4.16. The summed E-state index contributed by atoms with van der Waals surface area (Å²) in [4.78, 5) is 2.41. The maximum atomic E-state index is 6.02. The predicted molar refractivity (Wildman–Crippen MR) is 97.7 cm³/mol. The minimum Gasteiger partial charge on any atom is -0.493 e. The molecular weight excluding hydrogens is 284 g/mol. The van der Waals surface area contributed by atoms with E-state index in [0.717, 1.165) is 44.0 Å². The lowest BCUT2D eigenvalue weighted by molar-refractivity contribution is 0.248. The van der Waals surface area contributed by atoms with Crippen LogP contribution in [0.3, 0.4) is 0 Å². The summed E-state index contributed by atoms with van der Waals surface area (Å²) in [5, 5.41) is 0. The number of nitrogens with two attached hydrogens (primary N) is 1. The molecule has 0 saturated carbocycles. The quantitative estimate of drug-likeness (QED) is 0.713. The molecule has 2 aromatic rings. The zero-order chi connectivity index (χ0) is 16.5. The van der Waals surface area contributed by atoms with Crippen molar-refractivity contribution in [3.05, 3.63) is 54.1 Å². The molecule has 0 aliphatic heterocycles. The highest BCUT2D eigenvalue weighted by Crippen LogP contribution is 2.27. The van der Waals surface area contributed by atoms with Gasteiger partial charge in [-0.15, -0.1) is 0 Å². The zero-order valence-electron chi connectivity index (χ0n) is 14.3. The van der Waals surface area contributed by atoms with Crippen molar-refractivity contribution in [3.63, 3.8) is 0 Å². The number of nitrogens with zero attached hydrogens (tertiary/aromatic N) is 1. The van der Waals surface area contributed by atoms with Gasteiger partial charge in [0.1, 0.15) is 5.75 Å². The van der Waals surface area contributed by atoms with E-state index in [1.54, 1.807) is 0 Å². The first-order chi connectivity index (χ1) is 11.3. The van der Waals surface area contributed by atoms with Crippen LogP contribution >= 0.6 is 0 Å². The van der Waals surface area contributed by atoms with Gasteiger partial charge in [0, 0.05) is 18.7 Å². The highest BCUT2D eigenvalue weighted by molar-refractivity contribution is 5.66. The standard InChI is InChI=1S/C20H28N2O/c1-3-22(4-2)13-8-14-23-20-15-18(11-12-19(20)16-21)17-9-6-5-7-10-17/h5-7,9-12,15H,3-4,8,13-14,16,21H2,1-2H3. The monoisotopic (exact) mass is 312 g/mol. The summed E-state index contributed by atoms with van der Waals surface area (Å²) < 4.78 is 6.02. The fourth-order valence-corrected chi connectivity index (χ4v) is 2.68. The minimum absolute atomic E-state index is 0.500. The number of ether oxygens (including phenoxy) is 1. The van der Waals surface area contributed by atoms with E-state index >= 15 is 0 Å². The summed E-state index contributed by atoms with van der Waals surface area (Å²) in [6, 6.07) is 16.6. The van der Waals surface area contributed by atoms with Crippen LogP contribution in [0.2, 0.25) is 0 Å². The first-order valence-corrected chi connectivity index (χ1v) is 8.52. The Labute approximate surface area is 140 Å². The van der Waals surface area contributed by atoms with Crippen molar-refractivity contribution >= 4 is 0 Å². The molecule has 0 radical (unpaired) electrons. The van der Waals surface area contributed by atoms with Gasteiger partial charge in [0.2, 0.25) is 0 Å². The predicted octanol–water partition coefficient (Wildman–Crippen LogP) is 3.92. The average Bonchev–Trinajstić information content (AvgIpc) is 2.62. The SMILES string of the molecule is CCN(CC)CCCOc1cc(-c2ccccc2)ccc1CN. The second-order valence-electron chi connectivity index (χ2n) is 5.62. The second kappa shape index (κ2) is 9.33. The third kappa shape index (κ3) is 5.08. The van der Waals surface area contributed by atoms with E-state index in [0.29, 0.717) is 6.54 Å². The number of benzene rings is 2. The van der Waals surface area contributed by atoms with E-state index in [2.05, 4.69) is 61.2 Å². The second-order valence-corrected chi connectivity index (χ2v) is 5.62. The highest BCUT2D eigenvalue weighted by atomic mass is 16.5. The molecule has 2 rings (SSSR count). The van der Waals surface area contributed by atoms with Crippen LogP contribution in [-0.4, -0.2) is 31.1 Å². The van der Waals surface area contributed by atoms with E-state index < -0.39 is 0 Å².